The fraction of sp³-hybridized carbons (Fsp3) is 0.417. The summed E-state index contributed by atoms with van der Waals surface area (Å²) in [6.07, 6.45) is 0. The zero-order chi connectivity index (χ0) is 26.3. The highest BCUT2D eigenvalue weighted by atomic mass is 32.1. The topological polar surface area (TPSA) is 129 Å². The van der Waals surface area contributed by atoms with Crippen LogP contribution in [0.2, 0.25) is 0 Å². The lowest BCUT2D eigenvalue weighted by atomic mass is 10.1. The normalized spacial score (nSPS) is 12.0. The van der Waals surface area contributed by atoms with Crippen LogP contribution in [0.3, 0.4) is 0 Å². The van der Waals surface area contributed by atoms with Gasteiger partial charge in [-0.15, -0.1) is 21.5 Å². The molecule has 36 heavy (non-hydrogen) atoms. The average molecular weight is 515 g/mol. The molecule has 0 fully saturated rings. The third-order valence-electron chi connectivity index (χ3n) is 4.87. The molecule has 12 heteroatoms. The Morgan fingerprint density at radius 3 is 2.47 bits per heavy atom. The van der Waals surface area contributed by atoms with Gasteiger partial charge in [-0.3, -0.25) is 14.4 Å². The van der Waals surface area contributed by atoms with E-state index < -0.39 is 35.9 Å². The van der Waals surface area contributed by atoms with Crippen LogP contribution < -0.4 is 10.1 Å². The average Bonchev–Trinajstić information content (AvgIpc) is 3.50. The van der Waals surface area contributed by atoms with E-state index in [1.165, 1.54) is 16.2 Å². The van der Waals surface area contributed by atoms with Crippen molar-refractivity contribution in [2.45, 2.75) is 45.8 Å². The van der Waals surface area contributed by atoms with E-state index >= 15 is 0 Å². The predicted octanol–water partition coefficient (Wildman–Crippen LogP) is 2.46. The summed E-state index contributed by atoms with van der Waals surface area (Å²) >= 11 is 1.31. The summed E-state index contributed by atoms with van der Waals surface area (Å²) in [7, 11) is 1.57. The van der Waals surface area contributed by atoms with Gasteiger partial charge in [0.25, 0.3) is 0 Å². The molecular weight excluding hydrogens is 484 g/mol. The summed E-state index contributed by atoms with van der Waals surface area (Å²) in [5.74, 6) is -0.564. The molecule has 2 heterocycles. The molecule has 0 aliphatic heterocycles. The summed E-state index contributed by atoms with van der Waals surface area (Å²) in [6.45, 7) is 6.61. The van der Waals surface area contributed by atoms with Crippen LogP contribution in [-0.4, -0.2) is 68.7 Å². The molecule has 0 radical (unpaired) electrons. The van der Waals surface area contributed by atoms with Crippen LogP contribution in [0.4, 0.5) is 0 Å². The third-order valence-corrected chi connectivity index (χ3v) is 5.80. The number of aromatic nitrogens is 4. The fourth-order valence-electron chi connectivity index (χ4n) is 3.36. The molecule has 3 rings (SSSR count). The Morgan fingerprint density at radius 1 is 1.17 bits per heavy atom. The molecular formula is C24H30N6O5S. The molecule has 1 N–H and O–H groups in total. The number of amides is 2. The minimum atomic E-state index is -1.04. The maximum atomic E-state index is 13.5. The zero-order valence-electron chi connectivity index (χ0n) is 20.9. The van der Waals surface area contributed by atoms with Crippen LogP contribution in [0.15, 0.2) is 41.8 Å². The van der Waals surface area contributed by atoms with Crippen molar-refractivity contribution in [1.82, 2.24) is 30.4 Å². The predicted molar refractivity (Wildman–Crippen MR) is 133 cm³/mol. The lowest BCUT2D eigenvalue weighted by molar-refractivity contribution is -0.153. The van der Waals surface area contributed by atoms with Gasteiger partial charge in [-0.05, 0) is 68.6 Å². The summed E-state index contributed by atoms with van der Waals surface area (Å²) in [4.78, 5) is 42.2. The minimum absolute atomic E-state index is 0.147. The van der Waals surface area contributed by atoms with Gasteiger partial charge >= 0.3 is 5.97 Å². The van der Waals surface area contributed by atoms with Crippen LogP contribution in [0, 0.1) is 0 Å². The van der Waals surface area contributed by atoms with Gasteiger partial charge in [0.2, 0.25) is 17.6 Å². The van der Waals surface area contributed by atoms with Crippen LogP contribution in [0.25, 0.3) is 11.4 Å². The number of nitrogens with one attached hydrogen (secondary N) is 1. The second-order valence-electron chi connectivity index (χ2n) is 8.86. The molecule has 0 saturated heterocycles. The first-order valence-electron chi connectivity index (χ1n) is 11.3. The van der Waals surface area contributed by atoms with Crippen LogP contribution in [-0.2, 0) is 25.7 Å². The van der Waals surface area contributed by atoms with E-state index in [9.17, 15) is 14.4 Å². The highest BCUT2D eigenvalue weighted by molar-refractivity contribution is 7.10. The van der Waals surface area contributed by atoms with Gasteiger partial charge in [0, 0.05) is 16.0 Å². The number of methoxy groups -OCH3 is 1. The van der Waals surface area contributed by atoms with Gasteiger partial charge in [-0.25, -0.2) is 0 Å². The second-order valence-corrected chi connectivity index (χ2v) is 9.84. The summed E-state index contributed by atoms with van der Waals surface area (Å²) < 4.78 is 10.2. The van der Waals surface area contributed by atoms with Gasteiger partial charge < -0.3 is 19.7 Å². The largest absolute Gasteiger partial charge is 0.497 e. The number of thiophene rings is 1. The van der Waals surface area contributed by atoms with Crippen molar-refractivity contribution in [3.05, 3.63) is 46.7 Å². The Labute approximate surface area is 213 Å². The number of hydrogen-bond acceptors (Lipinski definition) is 9. The Morgan fingerprint density at radius 2 is 1.89 bits per heavy atom. The Kier molecular flexibility index (Phi) is 8.75. The quantitative estimate of drug-likeness (QED) is 0.409. The maximum Gasteiger partial charge on any atom is 0.325 e. The second kappa shape index (κ2) is 11.8. The van der Waals surface area contributed by atoms with Crippen molar-refractivity contribution >= 4 is 29.1 Å². The number of benzene rings is 1. The minimum Gasteiger partial charge on any atom is -0.497 e. The number of hydrogen-bond donors (Lipinski definition) is 1. The number of ether oxygens (including phenoxy) is 2. The first-order chi connectivity index (χ1) is 17.1. The number of carbonyl (C=O) groups is 3. The van der Waals surface area contributed by atoms with Crippen molar-refractivity contribution in [3.8, 4) is 17.1 Å². The molecule has 2 aromatic heterocycles. The lowest BCUT2D eigenvalue weighted by Crippen LogP contribution is -2.51. The lowest BCUT2D eigenvalue weighted by Gasteiger charge is -2.32. The monoisotopic (exact) mass is 514 g/mol. The van der Waals surface area contributed by atoms with E-state index in [1.807, 2.05) is 20.8 Å². The van der Waals surface area contributed by atoms with Gasteiger partial charge in [0.05, 0.1) is 13.7 Å². The van der Waals surface area contributed by atoms with E-state index in [2.05, 4.69) is 20.7 Å². The van der Waals surface area contributed by atoms with Crippen molar-refractivity contribution in [3.63, 3.8) is 0 Å². The molecule has 0 aliphatic carbocycles. The van der Waals surface area contributed by atoms with Crippen molar-refractivity contribution in [2.75, 3.05) is 20.3 Å². The smallest absolute Gasteiger partial charge is 0.325 e. The Balaban J connectivity index is 1.88. The molecule has 0 aliphatic rings. The molecule has 0 bridgehead atoms. The van der Waals surface area contributed by atoms with E-state index in [4.69, 9.17) is 9.47 Å². The highest BCUT2D eigenvalue weighted by Gasteiger charge is 2.35. The van der Waals surface area contributed by atoms with E-state index in [0.29, 0.717) is 22.0 Å². The SMILES string of the molecule is CCOC(=O)CN(C(=O)Cn1nnc(-c2ccc(OC)cc2)n1)[C@H](C(=O)NC(C)(C)C)c1cccs1. The van der Waals surface area contributed by atoms with Gasteiger partial charge in [-0.1, -0.05) is 6.07 Å². The van der Waals surface area contributed by atoms with Crippen LogP contribution in [0.1, 0.15) is 38.6 Å². The van der Waals surface area contributed by atoms with E-state index in [-0.39, 0.29) is 13.2 Å². The molecule has 0 unspecified atom stereocenters. The maximum absolute atomic E-state index is 13.5. The number of carbonyl (C=O) groups excluding carboxylic acids is 3. The number of esters is 1. The Hall–Kier alpha value is -3.80. The zero-order valence-corrected chi connectivity index (χ0v) is 21.7. The van der Waals surface area contributed by atoms with Gasteiger partial charge in [0.15, 0.2) is 0 Å². The molecule has 2 amide bonds. The standard InChI is InChI=1S/C24H30N6O5S/c1-6-35-20(32)15-29(21(18-8-7-13-36-18)23(33)25-24(2,3)4)19(31)14-30-27-22(26-28-30)16-9-11-17(34-5)12-10-16/h7-13,21H,6,14-15H2,1-5H3,(H,25,33)/t21-/m0/s1. The molecule has 0 saturated carbocycles. The van der Waals surface area contributed by atoms with E-state index in [0.717, 1.165) is 4.80 Å². The first kappa shape index (κ1) is 26.8. The van der Waals surface area contributed by atoms with Gasteiger partial charge in [-0.2, -0.15) is 4.80 Å². The molecule has 3 aromatic rings. The van der Waals surface area contributed by atoms with Crippen molar-refractivity contribution in [2.24, 2.45) is 0 Å². The molecule has 1 atom stereocenters. The van der Waals surface area contributed by atoms with E-state index in [1.54, 1.807) is 55.8 Å². The molecule has 192 valence electrons. The fourth-order valence-corrected chi connectivity index (χ4v) is 4.19. The van der Waals surface area contributed by atoms with Crippen LogP contribution in [0.5, 0.6) is 5.75 Å². The summed E-state index contributed by atoms with van der Waals surface area (Å²) in [6, 6.07) is 9.58. The third kappa shape index (κ3) is 7.11. The highest BCUT2D eigenvalue weighted by Crippen LogP contribution is 2.27. The molecule has 1 aromatic carbocycles. The molecule has 0 spiro atoms. The van der Waals surface area contributed by atoms with Gasteiger partial charge in [0.1, 0.15) is 24.9 Å². The first-order valence-corrected chi connectivity index (χ1v) is 12.2. The number of nitrogens with zero attached hydrogens (tertiary/aromatic N) is 5. The summed E-state index contributed by atoms with van der Waals surface area (Å²) in [5.41, 5.74) is 0.144. The Bertz CT molecular complexity index is 1170. The summed E-state index contributed by atoms with van der Waals surface area (Å²) in [5, 5.41) is 17.0. The number of rotatable bonds is 10. The molecule has 11 nitrogen and oxygen atoms in total. The van der Waals surface area contributed by atoms with Crippen LogP contribution >= 0.6 is 11.3 Å². The number of tetrazole rings is 1. The van der Waals surface area contributed by atoms with Crippen molar-refractivity contribution in [1.29, 1.82) is 0 Å². The van der Waals surface area contributed by atoms with Crippen molar-refractivity contribution < 1.29 is 23.9 Å².